The number of nitrogens with one attached hydrogen (secondary N) is 1. The van der Waals surface area contributed by atoms with Crippen molar-refractivity contribution in [2.45, 2.75) is 32.4 Å². The average Bonchev–Trinajstić information content (AvgIpc) is 2.84. The Balaban J connectivity index is 1.62. The molecule has 2 N–H and O–H groups in total. The molecule has 0 amide bonds. The summed E-state index contributed by atoms with van der Waals surface area (Å²) in [4.78, 5) is 15.8. The van der Waals surface area contributed by atoms with E-state index in [0.29, 0.717) is 23.4 Å². The van der Waals surface area contributed by atoms with E-state index >= 15 is 0 Å². The summed E-state index contributed by atoms with van der Waals surface area (Å²) in [7, 11) is 0. The van der Waals surface area contributed by atoms with Crippen molar-refractivity contribution >= 4 is 11.7 Å². The zero-order chi connectivity index (χ0) is 25.4. The molecule has 0 heterocycles. The zero-order valence-corrected chi connectivity index (χ0v) is 18.8. The lowest BCUT2D eigenvalue weighted by Crippen LogP contribution is -2.29. The van der Waals surface area contributed by atoms with E-state index < -0.39 is 23.9 Å². The number of aliphatic carboxylic acids is 1. The van der Waals surface area contributed by atoms with Gasteiger partial charge in [0, 0.05) is 13.1 Å². The lowest BCUT2D eigenvalue weighted by molar-refractivity contribution is -0.142. The predicted molar refractivity (Wildman–Crippen MR) is 125 cm³/mol. The summed E-state index contributed by atoms with van der Waals surface area (Å²) >= 11 is 0. The summed E-state index contributed by atoms with van der Waals surface area (Å²) in [5, 5.41) is 15.3. The van der Waals surface area contributed by atoms with Gasteiger partial charge in [-0.15, -0.1) is 0 Å². The van der Waals surface area contributed by atoms with E-state index in [4.69, 9.17) is 9.94 Å². The van der Waals surface area contributed by atoms with Crippen LogP contribution in [0.4, 0.5) is 17.6 Å². The highest BCUT2D eigenvalue weighted by atomic mass is 19.4. The normalized spacial score (nSPS) is 12.9. The van der Waals surface area contributed by atoms with Crippen LogP contribution in [0.3, 0.4) is 0 Å². The molecule has 5 nitrogen and oxygen atoms in total. The number of rotatable bonds is 10. The number of carbonyl (C=O) groups is 1. The molecule has 1 atom stereocenters. The maximum absolute atomic E-state index is 13.7. The third-order valence-electron chi connectivity index (χ3n) is 5.20. The third-order valence-corrected chi connectivity index (χ3v) is 5.20. The second-order valence-electron chi connectivity index (χ2n) is 7.83. The first-order valence-corrected chi connectivity index (χ1v) is 10.7. The molecule has 0 saturated heterocycles. The van der Waals surface area contributed by atoms with Crippen molar-refractivity contribution in [2.75, 3.05) is 6.54 Å². The number of nitrogens with zero attached hydrogens (tertiary/aromatic N) is 1. The number of hydrogen-bond donors (Lipinski definition) is 2. The van der Waals surface area contributed by atoms with Crippen molar-refractivity contribution in [3.8, 4) is 11.1 Å². The lowest BCUT2D eigenvalue weighted by Gasteiger charge is -2.14. The SMILES string of the molecule is CC(=NOCc1ccc(-c2ccccc2)c(C(F)(F)F)c1)c1ccc(CNCC(F)C(=O)O)cc1. The van der Waals surface area contributed by atoms with Crippen LogP contribution in [-0.4, -0.2) is 29.5 Å². The van der Waals surface area contributed by atoms with Crippen LogP contribution >= 0.6 is 0 Å². The third kappa shape index (κ3) is 7.38. The van der Waals surface area contributed by atoms with Crippen molar-refractivity contribution in [1.82, 2.24) is 5.32 Å². The van der Waals surface area contributed by atoms with Gasteiger partial charge >= 0.3 is 12.1 Å². The summed E-state index contributed by atoms with van der Waals surface area (Å²) in [6.45, 7) is 1.56. The number of carboxylic acid groups (broad SMARTS) is 1. The van der Waals surface area contributed by atoms with Gasteiger partial charge in [0.05, 0.1) is 11.3 Å². The van der Waals surface area contributed by atoms with Gasteiger partial charge in [-0.25, -0.2) is 9.18 Å². The molecule has 0 aliphatic rings. The standard InChI is InChI=1S/C26H24F4N2O3/c1-17(20-10-7-18(8-11-20)14-31-15-24(27)25(33)34)32-35-16-19-9-12-22(21-5-3-2-4-6-21)23(13-19)26(28,29)30/h2-13,24,31H,14-16H2,1H3,(H,33,34). The molecule has 3 aromatic rings. The van der Waals surface area contributed by atoms with Crippen LogP contribution in [0.15, 0.2) is 78.0 Å². The van der Waals surface area contributed by atoms with E-state index in [0.717, 1.165) is 17.2 Å². The smallest absolute Gasteiger partial charge is 0.417 e. The second kappa shape index (κ2) is 11.6. The Morgan fingerprint density at radius 3 is 2.31 bits per heavy atom. The molecule has 184 valence electrons. The van der Waals surface area contributed by atoms with Gasteiger partial charge in [0.15, 0.2) is 0 Å². The summed E-state index contributed by atoms with van der Waals surface area (Å²) in [5.41, 5.74) is 2.25. The number of halogens is 4. The molecular weight excluding hydrogens is 464 g/mol. The molecule has 3 rings (SSSR count). The fourth-order valence-electron chi connectivity index (χ4n) is 3.34. The molecule has 0 aliphatic heterocycles. The van der Waals surface area contributed by atoms with Gasteiger partial charge in [0.1, 0.15) is 6.61 Å². The van der Waals surface area contributed by atoms with Crippen molar-refractivity contribution in [3.05, 3.63) is 95.1 Å². The quantitative estimate of drug-likeness (QED) is 0.214. The van der Waals surface area contributed by atoms with Crippen molar-refractivity contribution in [2.24, 2.45) is 5.16 Å². The molecule has 0 fully saturated rings. The van der Waals surface area contributed by atoms with Gasteiger partial charge in [-0.2, -0.15) is 13.2 Å². The minimum Gasteiger partial charge on any atom is -0.479 e. The summed E-state index contributed by atoms with van der Waals surface area (Å²) in [5.74, 6) is -1.51. The maximum atomic E-state index is 13.7. The first kappa shape index (κ1) is 25.9. The molecule has 35 heavy (non-hydrogen) atoms. The molecule has 0 bridgehead atoms. The molecule has 0 aromatic heterocycles. The number of benzene rings is 3. The molecule has 0 saturated carbocycles. The Hall–Kier alpha value is -3.72. The Morgan fingerprint density at radius 1 is 1.03 bits per heavy atom. The molecule has 3 aromatic carbocycles. The number of hydrogen-bond acceptors (Lipinski definition) is 4. The molecule has 0 spiro atoms. The number of carboxylic acids is 1. The highest BCUT2D eigenvalue weighted by Crippen LogP contribution is 2.37. The van der Waals surface area contributed by atoms with E-state index in [9.17, 15) is 22.4 Å². The Morgan fingerprint density at radius 2 is 1.69 bits per heavy atom. The predicted octanol–water partition coefficient (Wildman–Crippen LogP) is 5.83. The van der Waals surface area contributed by atoms with Gasteiger partial charge in [-0.1, -0.05) is 71.9 Å². The summed E-state index contributed by atoms with van der Waals surface area (Å²) < 4.78 is 54.0. The second-order valence-corrected chi connectivity index (χ2v) is 7.83. The molecule has 0 radical (unpaired) electrons. The van der Waals surface area contributed by atoms with Crippen LogP contribution in [0.2, 0.25) is 0 Å². The molecule has 9 heteroatoms. The highest BCUT2D eigenvalue weighted by molar-refractivity contribution is 5.98. The van der Waals surface area contributed by atoms with Crippen LogP contribution in [0.25, 0.3) is 11.1 Å². The number of oxime groups is 1. The Kier molecular flexibility index (Phi) is 8.59. The first-order chi connectivity index (χ1) is 16.6. The zero-order valence-electron chi connectivity index (χ0n) is 18.8. The van der Waals surface area contributed by atoms with Crippen molar-refractivity contribution in [1.29, 1.82) is 0 Å². The largest absolute Gasteiger partial charge is 0.479 e. The monoisotopic (exact) mass is 488 g/mol. The van der Waals surface area contributed by atoms with Gasteiger partial charge in [0.2, 0.25) is 6.17 Å². The van der Waals surface area contributed by atoms with Crippen molar-refractivity contribution < 1.29 is 32.3 Å². The van der Waals surface area contributed by atoms with Gasteiger partial charge in [-0.3, -0.25) is 0 Å². The maximum Gasteiger partial charge on any atom is 0.417 e. The fraction of sp³-hybridized carbons (Fsp3) is 0.231. The van der Waals surface area contributed by atoms with Crippen molar-refractivity contribution in [3.63, 3.8) is 0 Å². The average molecular weight is 488 g/mol. The van der Waals surface area contributed by atoms with Crippen LogP contribution in [0, 0.1) is 0 Å². The Labute approximate surface area is 200 Å². The van der Waals surface area contributed by atoms with E-state index in [1.165, 1.54) is 6.07 Å². The number of alkyl halides is 4. The minimum atomic E-state index is -4.52. The first-order valence-electron chi connectivity index (χ1n) is 10.7. The molecular formula is C26H24F4N2O3. The van der Waals surface area contributed by atoms with Gasteiger partial charge < -0.3 is 15.3 Å². The lowest BCUT2D eigenvalue weighted by atomic mass is 9.97. The van der Waals surface area contributed by atoms with Crippen LogP contribution in [0.1, 0.15) is 29.2 Å². The molecule has 1 unspecified atom stereocenters. The van der Waals surface area contributed by atoms with E-state index in [1.807, 2.05) is 0 Å². The van der Waals surface area contributed by atoms with Gasteiger partial charge in [-0.05, 0) is 40.8 Å². The van der Waals surface area contributed by atoms with E-state index in [1.54, 1.807) is 67.6 Å². The minimum absolute atomic E-state index is 0.0982. The topological polar surface area (TPSA) is 70.9 Å². The van der Waals surface area contributed by atoms with Crippen LogP contribution in [0.5, 0.6) is 0 Å². The van der Waals surface area contributed by atoms with E-state index in [2.05, 4.69) is 10.5 Å². The van der Waals surface area contributed by atoms with Crippen LogP contribution < -0.4 is 5.32 Å². The fourth-order valence-corrected chi connectivity index (χ4v) is 3.34. The summed E-state index contributed by atoms with van der Waals surface area (Å²) in [6, 6.07) is 19.5. The summed E-state index contributed by atoms with van der Waals surface area (Å²) in [6.07, 6.45) is -6.49. The van der Waals surface area contributed by atoms with Gasteiger partial charge in [0.25, 0.3) is 0 Å². The Bertz CT molecular complexity index is 1160. The molecule has 0 aliphatic carbocycles. The van der Waals surface area contributed by atoms with Crippen LogP contribution in [-0.2, 0) is 29.0 Å². The highest BCUT2D eigenvalue weighted by Gasteiger charge is 2.34. The van der Waals surface area contributed by atoms with E-state index in [-0.39, 0.29) is 18.7 Å².